The molecule has 2 N–H and O–H groups in total. The average Bonchev–Trinajstić information content (AvgIpc) is 2.03. The van der Waals surface area contributed by atoms with Crippen molar-refractivity contribution in [2.75, 3.05) is 6.61 Å². The second-order valence-electron chi connectivity index (χ2n) is 2.36. The normalized spacial score (nSPS) is 13.0. The molecular weight excluding hydrogens is 288 g/mol. The van der Waals surface area contributed by atoms with Gasteiger partial charge in [0.05, 0.1) is 6.61 Å². The number of aliphatic hydroxyl groups is 2. The highest BCUT2D eigenvalue weighted by molar-refractivity contribution is 9.11. The van der Waals surface area contributed by atoms with Gasteiger partial charge in [-0.25, -0.2) is 0 Å². The summed E-state index contributed by atoms with van der Waals surface area (Å²) in [5.41, 5.74) is 0.695. The Morgan fingerprint density at radius 2 is 2.00 bits per heavy atom. The van der Waals surface area contributed by atoms with Crippen LogP contribution in [-0.4, -0.2) is 16.8 Å². The van der Waals surface area contributed by atoms with E-state index in [9.17, 15) is 5.11 Å². The zero-order chi connectivity index (χ0) is 9.14. The van der Waals surface area contributed by atoms with Gasteiger partial charge in [0.15, 0.2) is 0 Å². The lowest BCUT2D eigenvalue weighted by Gasteiger charge is -2.09. The van der Waals surface area contributed by atoms with Crippen molar-refractivity contribution in [3.05, 3.63) is 32.7 Å². The fraction of sp³-hybridized carbons (Fsp3) is 0.250. The topological polar surface area (TPSA) is 40.5 Å². The third kappa shape index (κ3) is 2.29. The van der Waals surface area contributed by atoms with Crippen molar-refractivity contribution in [2.45, 2.75) is 6.10 Å². The lowest BCUT2D eigenvalue weighted by Crippen LogP contribution is -2.02. The van der Waals surface area contributed by atoms with Crippen LogP contribution in [0.1, 0.15) is 11.7 Å². The monoisotopic (exact) mass is 294 g/mol. The molecule has 2 nitrogen and oxygen atoms in total. The summed E-state index contributed by atoms with van der Waals surface area (Å²) < 4.78 is 1.72. The second kappa shape index (κ2) is 4.37. The van der Waals surface area contributed by atoms with Gasteiger partial charge < -0.3 is 10.2 Å². The third-order valence-corrected chi connectivity index (χ3v) is 2.67. The lowest BCUT2D eigenvalue weighted by molar-refractivity contribution is 0.0950. The van der Waals surface area contributed by atoms with Crippen molar-refractivity contribution in [1.82, 2.24) is 0 Å². The minimum Gasteiger partial charge on any atom is -0.393 e. The zero-order valence-corrected chi connectivity index (χ0v) is 9.34. The van der Waals surface area contributed by atoms with Crippen LogP contribution in [0.3, 0.4) is 0 Å². The maximum atomic E-state index is 9.31. The molecule has 0 aromatic heterocycles. The number of aliphatic hydroxyl groups excluding tert-OH is 2. The van der Waals surface area contributed by atoms with E-state index >= 15 is 0 Å². The van der Waals surface area contributed by atoms with Gasteiger partial charge >= 0.3 is 0 Å². The maximum absolute atomic E-state index is 9.31. The Labute approximate surface area is 87.5 Å². The van der Waals surface area contributed by atoms with Crippen LogP contribution in [0.25, 0.3) is 0 Å². The summed E-state index contributed by atoms with van der Waals surface area (Å²) in [6, 6.07) is 5.40. The van der Waals surface area contributed by atoms with Crippen molar-refractivity contribution < 1.29 is 10.2 Å². The van der Waals surface area contributed by atoms with Gasteiger partial charge in [-0.2, -0.15) is 0 Å². The van der Waals surface area contributed by atoms with Crippen LogP contribution >= 0.6 is 31.9 Å². The molecule has 1 atom stereocenters. The molecule has 0 aliphatic carbocycles. The Kier molecular flexibility index (Phi) is 3.71. The van der Waals surface area contributed by atoms with Gasteiger partial charge in [0.25, 0.3) is 0 Å². The van der Waals surface area contributed by atoms with Gasteiger partial charge in [-0.15, -0.1) is 0 Å². The fourth-order valence-corrected chi connectivity index (χ4v) is 2.18. The molecule has 1 rings (SSSR count). The first-order chi connectivity index (χ1) is 5.65. The summed E-state index contributed by atoms with van der Waals surface area (Å²) in [6.07, 6.45) is -0.813. The fourth-order valence-electron chi connectivity index (χ4n) is 0.870. The molecule has 0 radical (unpaired) electrons. The predicted octanol–water partition coefficient (Wildman–Crippen LogP) is 2.24. The van der Waals surface area contributed by atoms with E-state index < -0.39 is 6.10 Å². The number of rotatable bonds is 2. The summed E-state index contributed by atoms with van der Waals surface area (Å²) in [7, 11) is 0. The van der Waals surface area contributed by atoms with Gasteiger partial charge in [0.2, 0.25) is 0 Å². The van der Waals surface area contributed by atoms with Gasteiger partial charge in [-0.1, -0.05) is 37.9 Å². The third-order valence-electron chi connectivity index (χ3n) is 1.49. The first kappa shape index (κ1) is 10.2. The highest BCUT2D eigenvalue weighted by Gasteiger charge is 2.09. The van der Waals surface area contributed by atoms with Crippen LogP contribution in [0, 0.1) is 0 Å². The summed E-state index contributed by atoms with van der Waals surface area (Å²) in [6.45, 7) is -0.264. The summed E-state index contributed by atoms with van der Waals surface area (Å²) >= 11 is 6.58. The summed E-state index contributed by atoms with van der Waals surface area (Å²) in [5.74, 6) is 0. The van der Waals surface area contributed by atoms with Crippen LogP contribution < -0.4 is 0 Å². The second-order valence-corrected chi connectivity index (χ2v) is 4.13. The SMILES string of the molecule is OCC(O)c1ccc(Br)cc1Br. The molecule has 66 valence electrons. The van der Waals surface area contributed by atoms with Crippen molar-refractivity contribution in [2.24, 2.45) is 0 Å². The highest BCUT2D eigenvalue weighted by atomic mass is 79.9. The highest BCUT2D eigenvalue weighted by Crippen LogP contribution is 2.26. The van der Waals surface area contributed by atoms with E-state index in [1.807, 2.05) is 12.1 Å². The maximum Gasteiger partial charge on any atom is 0.103 e. The van der Waals surface area contributed by atoms with Crippen molar-refractivity contribution >= 4 is 31.9 Å². The van der Waals surface area contributed by atoms with E-state index in [2.05, 4.69) is 31.9 Å². The zero-order valence-electron chi connectivity index (χ0n) is 6.17. The van der Waals surface area contributed by atoms with Crippen molar-refractivity contribution in [3.63, 3.8) is 0 Å². The van der Waals surface area contributed by atoms with Gasteiger partial charge in [-0.3, -0.25) is 0 Å². The Balaban J connectivity index is 3.01. The van der Waals surface area contributed by atoms with E-state index in [1.165, 1.54) is 0 Å². The summed E-state index contributed by atoms with van der Waals surface area (Å²) in [5, 5.41) is 18.0. The van der Waals surface area contributed by atoms with Crippen molar-refractivity contribution in [3.8, 4) is 0 Å². The summed E-state index contributed by atoms with van der Waals surface area (Å²) in [4.78, 5) is 0. The van der Waals surface area contributed by atoms with Gasteiger partial charge in [0.1, 0.15) is 6.10 Å². The molecule has 0 amide bonds. The largest absolute Gasteiger partial charge is 0.393 e. The molecule has 0 saturated heterocycles. The first-order valence-electron chi connectivity index (χ1n) is 3.39. The predicted molar refractivity (Wildman–Crippen MR) is 53.9 cm³/mol. The Morgan fingerprint density at radius 3 is 2.50 bits per heavy atom. The minimum absolute atomic E-state index is 0.264. The van der Waals surface area contributed by atoms with Crippen LogP contribution in [0.4, 0.5) is 0 Å². The molecule has 1 aromatic rings. The molecule has 0 aliphatic heterocycles. The molecule has 0 fully saturated rings. The Morgan fingerprint density at radius 1 is 1.33 bits per heavy atom. The van der Waals surface area contributed by atoms with Crippen molar-refractivity contribution in [1.29, 1.82) is 0 Å². The molecule has 0 spiro atoms. The van der Waals surface area contributed by atoms with E-state index in [1.54, 1.807) is 6.07 Å². The molecule has 0 heterocycles. The molecule has 1 aromatic carbocycles. The van der Waals surface area contributed by atoms with Crippen LogP contribution in [0.5, 0.6) is 0 Å². The smallest absolute Gasteiger partial charge is 0.103 e. The van der Waals surface area contributed by atoms with E-state index in [4.69, 9.17) is 5.11 Å². The Bertz CT molecular complexity index is 276. The minimum atomic E-state index is -0.813. The molecule has 4 heteroatoms. The molecule has 0 bridgehead atoms. The van der Waals surface area contributed by atoms with Crippen LogP contribution in [0.15, 0.2) is 27.1 Å². The van der Waals surface area contributed by atoms with Crippen LogP contribution in [-0.2, 0) is 0 Å². The van der Waals surface area contributed by atoms with Gasteiger partial charge in [-0.05, 0) is 17.7 Å². The Hall–Kier alpha value is 0.1000. The molecule has 0 aliphatic rings. The molecule has 0 saturated carbocycles. The molecule has 12 heavy (non-hydrogen) atoms. The number of halogens is 2. The van der Waals surface area contributed by atoms with E-state index in [0.717, 1.165) is 8.95 Å². The molecular formula is C8H8Br2O2. The van der Waals surface area contributed by atoms with E-state index in [-0.39, 0.29) is 6.61 Å². The number of hydrogen-bond donors (Lipinski definition) is 2. The standard InChI is InChI=1S/C8H8Br2O2/c9-5-1-2-6(7(10)3-5)8(12)4-11/h1-3,8,11-12H,4H2. The van der Waals surface area contributed by atoms with Gasteiger partial charge in [0, 0.05) is 8.95 Å². The first-order valence-corrected chi connectivity index (χ1v) is 4.97. The number of benzene rings is 1. The average molecular weight is 296 g/mol. The van der Waals surface area contributed by atoms with Crippen LogP contribution in [0.2, 0.25) is 0 Å². The number of hydrogen-bond acceptors (Lipinski definition) is 2. The quantitative estimate of drug-likeness (QED) is 0.878. The molecule has 1 unspecified atom stereocenters. The lowest BCUT2D eigenvalue weighted by atomic mass is 10.1. The van der Waals surface area contributed by atoms with E-state index in [0.29, 0.717) is 5.56 Å².